The molecule has 3 rings (SSSR count). The van der Waals surface area contributed by atoms with Crippen LogP contribution in [0, 0.1) is 0 Å². The molecule has 0 saturated carbocycles. The molecule has 0 aliphatic carbocycles. The van der Waals surface area contributed by atoms with Gasteiger partial charge in [0.25, 0.3) is 0 Å². The summed E-state index contributed by atoms with van der Waals surface area (Å²) >= 11 is 0. The smallest absolute Gasteiger partial charge is 0.191 e. The van der Waals surface area contributed by atoms with Gasteiger partial charge < -0.3 is 25.2 Å². The molecular formula is C22H38IN5O. The molecule has 0 aromatic heterocycles. The summed E-state index contributed by atoms with van der Waals surface area (Å²) in [6.45, 7) is 11.6. The summed E-state index contributed by atoms with van der Waals surface area (Å²) in [6, 6.07) is 6.57. The number of hydrogen-bond acceptors (Lipinski definition) is 4. The van der Waals surface area contributed by atoms with Crippen molar-refractivity contribution in [3.8, 4) is 5.75 Å². The minimum Gasteiger partial charge on any atom is -0.493 e. The first-order chi connectivity index (χ1) is 13.7. The highest BCUT2D eigenvalue weighted by atomic mass is 127. The van der Waals surface area contributed by atoms with E-state index in [2.05, 4.69) is 52.6 Å². The minimum atomic E-state index is 0. The van der Waals surface area contributed by atoms with Crippen LogP contribution < -0.4 is 15.4 Å². The Morgan fingerprint density at radius 2 is 1.97 bits per heavy atom. The van der Waals surface area contributed by atoms with Crippen LogP contribution >= 0.6 is 24.0 Å². The third-order valence-corrected chi connectivity index (χ3v) is 5.55. The number of piperazine rings is 1. The highest BCUT2D eigenvalue weighted by molar-refractivity contribution is 14.0. The van der Waals surface area contributed by atoms with E-state index in [1.54, 1.807) is 0 Å². The Balaban J connectivity index is 0.00000300. The molecule has 2 N–H and O–H groups in total. The topological polar surface area (TPSA) is 52.1 Å². The number of fused-ring (bicyclic) bond motifs is 1. The van der Waals surface area contributed by atoms with E-state index >= 15 is 0 Å². The van der Waals surface area contributed by atoms with Gasteiger partial charge in [0.1, 0.15) is 5.75 Å². The maximum Gasteiger partial charge on any atom is 0.191 e. The van der Waals surface area contributed by atoms with E-state index in [1.165, 1.54) is 50.3 Å². The Labute approximate surface area is 193 Å². The van der Waals surface area contributed by atoms with Crippen LogP contribution in [0.3, 0.4) is 0 Å². The van der Waals surface area contributed by atoms with Crippen LogP contribution in [-0.2, 0) is 12.8 Å². The molecule has 29 heavy (non-hydrogen) atoms. The summed E-state index contributed by atoms with van der Waals surface area (Å²) in [5.41, 5.74) is 2.71. The fraction of sp³-hybridized carbons (Fsp3) is 0.682. The lowest BCUT2D eigenvalue weighted by molar-refractivity contribution is 0.152. The highest BCUT2D eigenvalue weighted by Gasteiger charge is 2.13. The zero-order valence-electron chi connectivity index (χ0n) is 18.1. The van der Waals surface area contributed by atoms with Crippen molar-refractivity contribution < 1.29 is 4.74 Å². The van der Waals surface area contributed by atoms with E-state index in [0.29, 0.717) is 0 Å². The molecule has 0 unspecified atom stereocenters. The average Bonchev–Trinajstić information content (AvgIpc) is 3.17. The van der Waals surface area contributed by atoms with Crippen LogP contribution in [-0.4, -0.2) is 81.8 Å². The fourth-order valence-corrected chi connectivity index (χ4v) is 3.77. The molecule has 0 amide bonds. The number of nitrogens with zero attached hydrogens (tertiary/aromatic N) is 3. The molecule has 0 radical (unpaired) electrons. The number of benzene rings is 1. The van der Waals surface area contributed by atoms with E-state index in [0.717, 1.165) is 57.2 Å². The van der Waals surface area contributed by atoms with Crippen molar-refractivity contribution in [2.75, 3.05) is 66.0 Å². The molecule has 1 aromatic carbocycles. The predicted molar refractivity (Wildman–Crippen MR) is 132 cm³/mol. The van der Waals surface area contributed by atoms with Crippen LogP contribution in [0.1, 0.15) is 30.9 Å². The lowest BCUT2D eigenvalue weighted by atomic mass is 10.1. The number of ether oxygens (including phenoxy) is 1. The third-order valence-electron chi connectivity index (χ3n) is 5.55. The predicted octanol–water partition coefficient (Wildman–Crippen LogP) is 2.36. The summed E-state index contributed by atoms with van der Waals surface area (Å²) < 4.78 is 5.59. The number of aliphatic imine (C=N–C) groups is 1. The molecule has 164 valence electrons. The monoisotopic (exact) mass is 515 g/mol. The van der Waals surface area contributed by atoms with Crippen LogP contribution in [0.2, 0.25) is 0 Å². The van der Waals surface area contributed by atoms with E-state index in [4.69, 9.17) is 9.73 Å². The molecule has 1 aromatic rings. The summed E-state index contributed by atoms with van der Waals surface area (Å²) in [4.78, 5) is 9.73. The Kier molecular flexibility index (Phi) is 11.1. The molecule has 2 aliphatic heterocycles. The lowest BCUT2D eigenvalue weighted by Gasteiger charge is -2.32. The van der Waals surface area contributed by atoms with Crippen LogP contribution in [0.4, 0.5) is 0 Å². The number of nitrogens with one attached hydrogen (secondary N) is 2. The number of rotatable bonds is 9. The molecular weight excluding hydrogens is 477 g/mol. The van der Waals surface area contributed by atoms with E-state index in [1.807, 2.05) is 0 Å². The molecule has 1 saturated heterocycles. The van der Waals surface area contributed by atoms with Gasteiger partial charge in [-0.15, -0.1) is 24.0 Å². The molecule has 0 atom stereocenters. The van der Waals surface area contributed by atoms with Crippen LogP contribution in [0.5, 0.6) is 5.75 Å². The second-order valence-electron chi connectivity index (χ2n) is 7.83. The zero-order valence-corrected chi connectivity index (χ0v) is 20.4. The maximum atomic E-state index is 5.59. The van der Waals surface area contributed by atoms with Crippen molar-refractivity contribution in [1.82, 2.24) is 20.4 Å². The highest BCUT2D eigenvalue weighted by Crippen LogP contribution is 2.25. The largest absolute Gasteiger partial charge is 0.493 e. The first-order valence-electron chi connectivity index (χ1n) is 10.9. The third kappa shape index (κ3) is 8.30. The van der Waals surface area contributed by atoms with Crippen molar-refractivity contribution in [1.29, 1.82) is 0 Å². The van der Waals surface area contributed by atoms with Gasteiger partial charge in [0.2, 0.25) is 0 Å². The number of hydrogen-bond donors (Lipinski definition) is 2. The van der Waals surface area contributed by atoms with E-state index in [-0.39, 0.29) is 24.0 Å². The Hall–Kier alpha value is -1.06. The SMILES string of the molecule is CCNC(=NCCCCN1CCN(C)CC1)NCCc1ccc2c(c1)CCO2.I. The van der Waals surface area contributed by atoms with Crippen molar-refractivity contribution in [3.63, 3.8) is 0 Å². The van der Waals surface area contributed by atoms with Crippen molar-refractivity contribution in [2.24, 2.45) is 4.99 Å². The van der Waals surface area contributed by atoms with Gasteiger partial charge in [-0.25, -0.2) is 0 Å². The standard InChI is InChI=1S/C22H37N5O.HI/c1-3-23-22(24-10-4-5-12-27-15-13-26(2)14-16-27)25-11-8-19-6-7-21-20(18-19)9-17-28-21;/h6-7,18H,3-5,8-17H2,1-2H3,(H2,23,24,25);1H. The minimum absolute atomic E-state index is 0. The first kappa shape index (κ1) is 24.2. The van der Waals surface area contributed by atoms with Crippen molar-refractivity contribution >= 4 is 29.9 Å². The molecule has 7 heteroatoms. The van der Waals surface area contributed by atoms with Crippen LogP contribution in [0.15, 0.2) is 23.2 Å². The molecule has 2 aliphatic rings. The van der Waals surface area contributed by atoms with E-state index < -0.39 is 0 Å². The second-order valence-corrected chi connectivity index (χ2v) is 7.83. The summed E-state index contributed by atoms with van der Waals surface area (Å²) in [7, 11) is 2.21. The Morgan fingerprint density at radius 1 is 1.14 bits per heavy atom. The molecule has 2 heterocycles. The zero-order chi connectivity index (χ0) is 19.6. The van der Waals surface area contributed by atoms with Crippen LogP contribution in [0.25, 0.3) is 0 Å². The summed E-state index contributed by atoms with van der Waals surface area (Å²) in [5, 5.41) is 6.83. The van der Waals surface area contributed by atoms with Gasteiger partial charge in [0.15, 0.2) is 5.96 Å². The normalized spacial score (nSPS) is 17.4. The van der Waals surface area contributed by atoms with Gasteiger partial charge in [0.05, 0.1) is 6.61 Å². The Bertz CT molecular complexity index is 632. The summed E-state index contributed by atoms with van der Waals surface area (Å²) in [5.74, 6) is 2.00. The number of unbranched alkanes of at least 4 members (excludes halogenated alkanes) is 1. The molecule has 1 fully saturated rings. The second kappa shape index (κ2) is 13.3. The van der Waals surface area contributed by atoms with Crippen molar-refractivity contribution in [3.05, 3.63) is 29.3 Å². The number of halogens is 1. The van der Waals surface area contributed by atoms with Gasteiger partial charge in [-0.2, -0.15) is 0 Å². The first-order valence-corrected chi connectivity index (χ1v) is 10.9. The molecule has 0 spiro atoms. The maximum absolute atomic E-state index is 5.59. The summed E-state index contributed by atoms with van der Waals surface area (Å²) in [6.07, 6.45) is 4.41. The van der Waals surface area contributed by atoms with Gasteiger partial charge in [-0.1, -0.05) is 12.1 Å². The van der Waals surface area contributed by atoms with Crippen molar-refractivity contribution in [2.45, 2.75) is 32.6 Å². The molecule has 0 bridgehead atoms. The van der Waals surface area contributed by atoms with Gasteiger partial charge in [-0.05, 0) is 57.0 Å². The number of likely N-dealkylation sites (N-methyl/N-ethyl adjacent to an activating group) is 1. The lowest BCUT2D eigenvalue weighted by Crippen LogP contribution is -2.44. The van der Waals surface area contributed by atoms with Gasteiger partial charge >= 0.3 is 0 Å². The van der Waals surface area contributed by atoms with Gasteiger partial charge in [-0.3, -0.25) is 4.99 Å². The number of guanidine groups is 1. The Morgan fingerprint density at radius 3 is 2.76 bits per heavy atom. The average molecular weight is 515 g/mol. The molecule has 6 nitrogen and oxygen atoms in total. The quantitative estimate of drug-likeness (QED) is 0.229. The van der Waals surface area contributed by atoms with E-state index in [9.17, 15) is 0 Å². The fourth-order valence-electron chi connectivity index (χ4n) is 3.77. The van der Waals surface area contributed by atoms with Gasteiger partial charge in [0, 0.05) is 52.2 Å².